The zero-order valence-corrected chi connectivity index (χ0v) is 19.7. The number of rotatable bonds is 6. The molecular weight excluding hydrogens is 501 g/mol. The Hall–Kier alpha value is -4.67. The zero-order valence-electron chi connectivity index (χ0n) is 19.7. The van der Waals surface area contributed by atoms with Gasteiger partial charge in [-0.05, 0) is 43.7 Å². The molecule has 6 rings (SSSR count). The number of halogens is 3. The Labute approximate surface area is 213 Å². The lowest BCUT2D eigenvalue weighted by molar-refractivity contribution is -0.135. The van der Waals surface area contributed by atoms with E-state index in [9.17, 15) is 18.0 Å². The van der Waals surface area contributed by atoms with Crippen LogP contribution in [0.1, 0.15) is 48.2 Å². The second-order valence-corrected chi connectivity index (χ2v) is 9.31. The van der Waals surface area contributed by atoms with Crippen molar-refractivity contribution in [3.63, 3.8) is 0 Å². The van der Waals surface area contributed by atoms with Crippen molar-refractivity contribution in [3.8, 4) is 17.6 Å². The number of nitrogens with two attached hydrogens (primary N) is 1. The Morgan fingerprint density at radius 3 is 2.71 bits per heavy atom. The smallest absolute Gasteiger partial charge is 0.383 e. The number of hydrogen-bond donors (Lipinski definition) is 2. The van der Waals surface area contributed by atoms with Crippen molar-refractivity contribution in [2.24, 2.45) is 5.92 Å². The van der Waals surface area contributed by atoms with Gasteiger partial charge >= 0.3 is 6.18 Å². The number of amides is 1. The first-order chi connectivity index (χ1) is 18.2. The summed E-state index contributed by atoms with van der Waals surface area (Å²) in [6.45, 7) is 0. The number of alkyl halides is 3. The van der Waals surface area contributed by atoms with Crippen LogP contribution in [0.3, 0.4) is 0 Å². The molecule has 4 aromatic heterocycles. The first-order valence-corrected chi connectivity index (χ1v) is 11.8. The Balaban J connectivity index is 1.43. The van der Waals surface area contributed by atoms with E-state index in [2.05, 4.69) is 35.3 Å². The number of fused-ring (bicyclic) bond motifs is 2. The lowest BCUT2D eigenvalue weighted by Gasteiger charge is -2.27. The summed E-state index contributed by atoms with van der Waals surface area (Å²) in [7, 11) is 0. The standard InChI is InChI=1S/C24H19F3N10O/c25-23(26,27)7-1-2-14-21-31-11-32-37(21)10-15(33-14)19-34-18(29)17-20(35-19)36-22(38)24(17,13-4-5-13)16-6-3-12(8-28)9-30-16/h3,6,9-11,13H,1-2,4-5,7H2,(H3,29,34,35,36,38). The summed E-state index contributed by atoms with van der Waals surface area (Å²) < 4.78 is 39.5. The first kappa shape index (κ1) is 23.7. The van der Waals surface area contributed by atoms with E-state index < -0.39 is 18.0 Å². The predicted octanol–water partition coefficient (Wildman–Crippen LogP) is 2.96. The van der Waals surface area contributed by atoms with Crippen molar-refractivity contribution >= 4 is 23.2 Å². The van der Waals surface area contributed by atoms with Crippen LogP contribution in [0, 0.1) is 17.2 Å². The van der Waals surface area contributed by atoms with Crippen molar-refractivity contribution in [3.05, 3.63) is 53.4 Å². The van der Waals surface area contributed by atoms with Gasteiger partial charge in [0, 0.05) is 12.6 Å². The van der Waals surface area contributed by atoms with E-state index >= 15 is 0 Å². The van der Waals surface area contributed by atoms with Crippen LogP contribution in [0.5, 0.6) is 0 Å². The number of aromatic nitrogens is 7. The molecule has 1 atom stereocenters. The Bertz CT molecular complexity index is 1620. The summed E-state index contributed by atoms with van der Waals surface area (Å²) in [5, 5.41) is 16.1. The van der Waals surface area contributed by atoms with Gasteiger partial charge in [0.05, 0.1) is 28.7 Å². The van der Waals surface area contributed by atoms with Crippen molar-refractivity contribution in [1.29, 1.82) is 5.26 Å². The number of nitrogens with zero attached hydrogens (tertiary/aromatic N) is 8. The highest BCUT2D eigenvalue weighted by molar-refractivity contribution is 6.09. The van der Waals surface area contributed by atoms with Crippen molar-refractivity contribution < 1.29 is 18.0 Å². The van der Waals surface area contributed by atoms with E-state index in [0.717, 1.165) is 12.8 Å². The number of aryl methyl sites for hydroxylation is 1. The number of nitriles is 1. The average molecular weight is 520 g/mol. The molecule has 0 aromatic carbocycles. The number of hydrogen-bond acceptors (Lipinski definition) is 9. The number of pyridine rings is 1. The Kier molecular flexibility index (Phi) is 5.26. The van der Waals surface area contributed by atoms with Gasteiger partial charge in [-0.25, -0.2) is 24.5 Å². The molecule has 192 valence electrons. The Morgan fingerprint density at radius 2 is 2.03 bits per heavy atom. The van der Waals surface area contributed by atoms with E-state index in [0.29, 0.717) is 28.2 Å². The van der Waals surface area contributed by atoms with Gasteiger partial charge in [-0.2, -0.15) is 23.5 Å². The largest absolute Gasteiger partial charge is 0.389 e. The molecule has 1 aliphatic carbocycles. The molecule has 3 N–H and O–H groups in total. The quantitative estimate of drug-likeness (QED) is 0.389. The SMILES string of the molecule is N#Cc1ccc(C2(C3CC3)C(=O)Nc3nc(-c4cn5ncnc5c(CCCC(F)(F)F)n4)nc(N)c32)nc1. The summed E-state index contributed by atoms with van der Waals surface area (Å²) in [4.78, 5) is 35.5. The minimum atomic E-state index is -4.28. The third-order valence-electron chi connectivity index (χ3n) is 6.84. The maximum absolute atomic E-state index is 13.5. The highest BCUT2D eigenvalue weighted by Crippen LogP contribution is 2.57. The van der Waals surface area contributed by atoms with Gasteiger partial charge in [-0.15, -0.1) is 0 Å². The van der Waals surface area contributed by atoms with E-state index in [1.54, 1.807) is 12.1 Å². The predicted molar refractivity (Wildman–Crippen MR) is 126 cm³/mol. The third kappa shape index (κ3) is 3.78. The second kappa shape index (κ2) is 8.44. The van der Waals surface area contributed by atoms with E-state index in [1.807, 2.05) is 6.07 Å². The van der Waals surface area contributed by atoms with Crippen LogP contribution in [0.4, 0.5) is 24.8 Å². The average Bonchev–Trinajstić information content (AvgIpc) is 3.53. The molecule has 0 saturated heterocycles. The fraction of sp³-hybridized carbons (Fsp3) is 0.333. The first-order valence-electron chi connectivity index (χ1n) is 11.8. The van der Waals surface area contributed by atoms with Crippen LogP contribution in [-0.4, -0.2) is 46.6 Å². The van der Waals surface area contributed by atoms with Crippen LogP contribution in [0.2, 0.25) is 0 Å². The van der Waals surface area contributed by atoms with Crippen molar-refractivity contribution in [1.82, 2.24) is 34.5 Å². The van der Waals surface area contributed by atoms with Crippen molar-refractivity contribution in [2.75, 3.05) is 11.1 Å². The number of nitrogens with one attached hydrogen (secondary N) is 1. The van der Waals surface area contributed by atoms with E-state index in [-0.39, 0.29) is 47.8 Å². The second-order valence-electron chi connectivity index (χ2n) is 9.31. The van der Waals surface area contributed by atoms with Crippen LogP contribution in [0.15, 0.2) is 30.9 Å². The molecule has 4 aromatic rings. The van der Waals surface area contributed by atoms with Crippen molar-refractivity contribution in [2.45, 2.75) is 43.7 Å². The molecule has 1 fully saturated rings. The van der Waals surface area contributed by atoms with Crippen LogP contribution in [-0.2, 0) is 16.6 Å². The summed E-state index contributed by atoms with van der Waals surface area (Å²) in [5.74, 6) is -0.0470. The van der Waals surface area contributed by atoms with Gasteiger partial charge in [-0.1, -0.05) is 0 Å². The highest BCUT2D eigenvalue weighted by atomic mass is 19.4. The molecule has 11 nitrogen and oxygen atoms in total. The summed E-state index contributed by atoms with van der Waals surface area (Å²) in [5.41, 5.74) is 7.34. The minimum absolute atomic E-state index is 0.0157. The Morgan fingerprint density at radius 1 is 1.21 bits per heavy atom. The van der Waals surface area contributed by atoms with Gasteiger partial charge < -0.3 is 11.1 Å². The van der Waals surface area contributed by atoms with Gasteiger partial charge in [0.25, 0.3) is 0 Å². The molecule has 1 aliphatic heterocycles. The number of carbonyl (C=O) groups is 1. The maximum Gasteiger partial charge on any atom is 0.389 e. The summed E-state index contributed by atoms with van der Waals surface area (Å²) in [6, 6.07) is 5.26. The minimum Gasteiger partial charge on any atom is -0.383 e. The maximum atomic E-state index is 13.5. The number of nitrogen functional groups attached to an aromatic ring is 1. The van der Waals surface area contributed by atoms with E-state index in [1.165, 1.54) is 23.2 Å². The molecule has 0 bridgehead atoms. The molecular formula is C24H19F3N10O. The normalized spacial score (nSPS) is 18.8. The molecule has 2 aliphatic rings. The number of carbonyl (C=O) groups excluding carboxylic acids is 1. The monoisotopic (exact) mass is 520 g/mol. The number of anilines is 2. The fourth-order valence-corrected chi connectivity index (χ4v) is 5.07. The lowest BCUT2D eigenvalue weighted by atomic mass is 9.74. The third-order valence-corrected chi connectivity index (χ3v) is 6.84. The van der Waals surface area contributed by atoms with Gasteiger partial charge in [0.2, 0.25) is 5.91 Å². The van der Waals surface area contributed by atoms with Gasteiger partial charge in [0.1, 0.15) is 35.1 Å². The molecule has 0 spiro atoms. The molecule has 1 amide bonds. The van der Waals surface area contributed by atoms with Crippen LogP contribution >= 0.6 is 0 Å². The van der Waals surface area contributed by atoms with Gasteiger partial charge in [0.15, 0.2) is 11.5 Å². The lowest BCUT2D eigenvalue weighted by Crippen LogP contribution is -2.39. The topological polar surface area (TPSA) is 161 Å². The summed E-state index contributed by atoms with van der Waals surface area (Å²) >= 11 is 0. The van der Waals surface area contributed by atoms with Crippen LogP contribution in [0.25, 0.3) is 17.2 Å². The van der Waals surface area contributed by atoms with Gasteiger partial charge in [-0.3, -0.25) is 9.78 Å². The highest BCUT2D eigenvalue weighted by Gasteiger charge is 2.60. The molecule has 0 radical (unpaired) electrons. The molecule has 1 saturated carbocycles. The molecule has 5 heterocycles. The molecule has 38 heavy (non-hydrogen) atoms. The molecule has 1 unspecified atom stereocenters. The fourth-order valence-electron chi connectivity index (χ4n) is 5.07. The zero-order chi connectivity index (χ0) is 26.7. The van der Waals surface area contributed by atoms with E-state index in [4.69, 9.17) is 11.0 Å². The van der Waals surface area contributed by atoms with Crippen LogP contribution < -0.4 is 11.1 Å². The molecule has 14 heteroatoms. The summed E-state index contributed by atoms with van der Waals surface area (Å²) in [6.07, 6.45) is 0.353.